The van der Waals surface area contributed by atoms with Crippen LogP contribution < -0.4 is 0 Å². The van der Waals surface area contributed by atoms with Gasteiger partial charge in [0.15, 0.2) is 0 Å². The van der Waals surface area contributed by atoms with E-state index < -0.39 is 0 Å². The molecule has 0 aliphatic carbocycles. The molecule has 0 nitrogen and oxygen atoms in total. The van der Waals surface area contributed by atoms with Crippen LogP contribution in [0.5, 0.6) is 0 Å². The third-order valence-electron chi connectivity index (χ3n) is 2.53. The lowest BCUT2D eigenvalue weighted by molar-refractivity contribution is 0.520. The minimum Gasteiger partial charge on any atom is -0.255 e. The second kappa shape index (κ2) is 11.1. The zero-order valence-electron chi connectivity index (χ0n) is 10.8. The summed E-state index contributed by atoms with van der Waals surface area (Å²) in [5.41, 5.74) is 0. The molecule has 0 atom stereocenters. The summed E-state index contributed by atoms with van der Waals surface area (Å²) in [7, 11) is 0.500. The fourth-order valence-electron chi connectivity index (χ4n) is 1.66. The zero-order valence-corrected chi connectivity index (χ0v) is 11.7. The third-order valence-corrected chi connectivity index (χ3v) is 3.47. The minimum absolute atomic E-state index is 0.500. The molecule has 16 heavy (non-hydrogen) atoms. The highest BCUT2D eigenvalue weighted by atomic mass is 32.1. The molecule has 0 amide bonds. The summed E-state index contributed by atoms with van der Waals surface area (Å²) in [6.07, 6.45) is 8.31. The highest BCUT2D eigenvalue weighted by Crippen LogP contribution is 2.14. The quantitative estimate of drug-likeness (QED) is 0.557. The van der Waals surface area contributed by atoms with E-state index in [4.69, 9.17) is 0 Å². The maximum atomic E-state index is 9.50. The molecule has 0 saturated heterocycles. The second-order valence-corrected chi connectivity index (χ2v) is 5.46. The van der Waals surface area contributed by atoms with Crippen LogP contribution in [0.25, 0.3) is 0 Å². The molecule has 94 valence electrons. The molecule has 0 unspecified atom stereocenters. The standard InChI is InChI=1S/C13H22S.CH3F/c1-12(2)8-5-3-4-6-9-13-10-7-11-14-13;1-2/h7,10-12H,3-6,8-9H2,1-2H3;1H3. The Hall–Kier alpha value is -0.370. The van der Waals surface area contributed by atoms with Crippen LogP contribution in [0.2, 0.25) is 0 Å². The summed E-state index contributed by atoms with van der Waals surface area (Å²) in [4.78, 5) is 1.55. The van der Waals surface area contributed by atoms with Gasteiger partial charge in [0.2, 0.25) is 0 Å². The zero-order chi connectivity index (χ0) is 12.2. The third kappa shape index (κ3) is 8.90. The summed E-state index contributed by atoms with van der Waals surface area (Å²) >= 11 is 1.89. The van der Waals surface area contributed by atoms with E-state index >= 15 is 0 Å². The van der Waals surface area contributed by atoms with Crippen molar-refractivity contribution in [1.82, 2.24) is 0 Å². The topological polar surface area (TPSA) is 0 Å². The molecule has 0 radical (unpaired) electrons. The van der Waals surface area contributed by atoms with Crippen LogP contribution in [0.3, 0.4) is 0 Å². The summed E-state index contributed by atoms with van der Waals surface area (Å²) < 4.78 is 9.50. The van der Waals surface area contributed by atoms with E-state index in [1.54, 1.807) is 4.88 Å². The first-order valence-electron chi connectivity index (χ1n) is 6.19. The molecule has 0 N–H and O–H groups in total. The van der Waals surface area contributed by atoms with Crippen LogP contribution in [-0.2, 0) is 6.42 Å². The first kappa shape index (κ1) is 15.6. The second-order valence-electron chi connectivity index (χ2n) is 4.43. The molecule has 0 bridgehead atoms. The van der Waals surface area contributed by atoms with E-state index in [0.29, 0.717) is 7.18 Å². The highest BCUT2D eigenvalue weighted by Gasteiger charge is 1.96. The molecule has 0 aromatic carbocycles. The van der Waals surface area contributed by atoms with Gasteiger partial charge in [0.05, 0.1) is 7.18 Å². The van der Waals surface area contributed by atoms with Gasteiger partial charge in [0.1, 0.15) is 0 Å². The summed E-state index contributed by atoms with van der Waals surface area (Å²) in [5.74, 6) is 0.882. The Labute approximate surface area is 104 Å². The van der Waals surface area contributed by atoms with Crippen LogP contribution in [0.1, 0.15) is 50.8 Å². The van der Waals surface area contributed by atoms with Crippen LogP contribution in [0.15, 0.2) is 17.5 Å². The molecular formula is C14H25FS. The number of thiophene rings is 1. The van der Waals surface area contributed by atoms with Gasteiger partial charge in [0, 0.05) is 4.88 Å². The Balaban J connectivity index is 0.00000106. The van der Waals surface area contributed by atoms with E-state index in [9.17, 15) is 4.39 Å². The van der Waals surface area contributed by atoms with Gasteiger partial charge in [-0.25, -0.2) is 0 Å². The molecule has 0 aliphatic rings. The van der Waals surface area contributed by atoms with Crippen LogP contribution in [-0.4, -0.2) is 7.18 Å². The molecule has 1 rings (SSSR count). The Bertz CT molecular complexity index is 217. The minimum atomic E-state index is 0.500. The smallest absolute Gasteiger partial charge is 0.0785 e. The number of hydrogen-bond donors (Lipinski definition) is 0. The van der Waals surface area contributed by atoms with Crippen molar-refractivity contribution < 1.29 is 4.39 Å². The van der Waals surface area contributed by atoms with Crippen molar-refractivity contribution in [2.24, 2.45) is 5.92 Å². The van der Waals surface area contributed by atoms with E-state index in [1.165, 1.54) is 38.5 Å². The van der Waals surface area contributed by atoms with Gasteiger partial charge in [0.25, 0.3) is 0 Å². The molecular weight excluding hydrogens is 219 g/mol. The van der Waals surface area contributed by atoms with E-state index in [-0.39, 0.29) is 0 Å². The molecule has 2 heteroatoms. The predicted octanol–water partition coefficient (Wildman–Crippen LogP) is 5.48. The number of halogens is 1. The van der Waals surface area contributed by atoms with Crippen molar-refractivity contribution in [2.75, 3.05) is 7.18 Å². The van der Waals surface area contributed by atoms with Gasteiger partial charge in [-0.2, -0.15) is 0 Å². The van der Waals surface area contributed by atoms with Gasteiger partial charge in [-0.05, 0) is 30.2 Å². The van der Waals surface area contributed by atoms with Crippen molar-refractivity contribution in [3.05, 3.63) is 22.4 Å². The molecule has 0 aliphatic heterocycles. The molecule has 1 aromatic heterocycles. The Kier molecular flexibility index (Phi) is 10.9. The van der Waals surface area contributed by atoms with Crippen molar-refractivity contribution in [2.45, 2.75) is 52.4 Å². The normalized spacial score (nSPS) is 10.1. The highest BCUT2D eigenvalue weighted by molar-refractivity contribution is 7.09. The predicted molar refractivity (Wildman–Crippen MR) is 73.0 cm³/mol. The summed E-state index contributed by atoms with van der Waals surface area (Å²) in [6.45, 7) is 4.62. The molecule has 0 spiro atoms. The largest absolute Gasteiger partial charge is 0.255 e. The number of alkyl halides is 1. The Morgan fingerprint density at radius 1 is 1.12 bits per heavy atom. The Morgan fingerprint density at radius 2 is 1.81 bits per heavy atom. The van der Waals surface area contributed by atoms with Crippen molar-refractivity contribution >= 4 is 11.3 Å². The van der Waals surface area contributed by atoms with Gasteiger partial charge in [-0.1, -0.05) is 45.6 Å². The average molecular weight is 244 g/mol. The number of hydrogen-bond acceptors (Lipinski definition) is 1. The van der Waals surface area contributed by atoms with Crippen LogP contribution in [0.4, 0.5) is 4.39 Å². The van der Waals surface area contributed by atoms with Gasteiger partial charge >= 0.3 is 0 Å². The SMILES string of the molecule is CC(C)CCCCCCc1cccs1.CF. The molecule has 1 heterocycles. The number of rotatable bonds is 7. The van der Waals surface area contributed by atoms with Crippen molar-refractivity contribution in [3.8, 4) is 0 Å². The van der Waals surface area contributed by atoms with Gasteiger partial charge in [-0.3, -0.25) is 4.39 Å². The fourth-order valence-corrected chi connectivity index (χ4v) is 2.41. The average Bonchev–Trinajstić information content (AvgIpc) is 2.78. The number of aryl methyl sites for hydroxylation is 1. The number of unbranched alkanes of at least 4 members (excludes halogenated alkanes) is 3. The lowest BCUT2D eigenvalue weighted by atomic mass is 10.0. The van der Waals surface area contributed by atoms with Gasteiger partial charge < -0.3 is 0 Å². The van der Waals surface area contributed by atoms with Crippen molar-refractivity contribution in [1.29, 1.82) is 0 Å². The lowest BCUT2D eigenvalue weighted by Gasteiger charge is -2.03. The van der Waals surface area contributed by atoms with Crippen LogP contribution >= 0.6 is 11.3 Å². The maximum absolute atomic E-state index is 9.50. The summed E-state index contributed by atoms with van der Waals surface area (Å²) in [5, 5.41) is 2.17. The van der Waals surface area contributed by atoms with E-state index in [2.05, 4.69) is 31.4 Å². The molecule has 1 aromatic rings. The lowest BCUT2D eigenvalue weighted by Crippen LogP contribution is -1.87. The summed E-state index contributed by atoms with van der Waals surface area (Å²) in [6, 6.07) is 4.40. The van der Waals surface area contributed by atoms with Crippen LogP contribution in [0, 0.1) is 5.92 Å². The first-order chi connectivity index (χ1) is 7.79. The first-order valence-corrected chi connectivity index (χ1v) is 7.07. The fraction of sp³-hybridized carbons (Fsp3) is 0.714. The maximum Gasteiger partial charge on any atom is 0.0785 e. The monoisotopic (exact) mass is 244 g/mol. The van der Waals surface area contributed by atoms with E-state index in [1.807, 2.05) is 11.3 Å². The Morgan fingerprint density at radius 3 is 2.38 bits per heavy atom. The van der Waals surface area contributed by atoms with E-state index in [0.717, 1.165) is 5.92 Å². The molecule has 0 saturated carbocycles. The van der Waals surface area contributed by atoms with Gasteiger partial charge in [-0.15, -0.1) is 11.3 Å². The molecule has 0 fully saturated rings. The van der Waals surface area contributed by atoms with Crippen molar-refractivity contribution in [3.63, 3.8) is 0 Å².